The van der Waals surface area contributed by atoms with Crippen molar-refractivity contribution in [3.05, 3.63) is 0 Å². The van der Waals surface area contributed by atoms with Crippen LogP contribution in [0.25, 0.3) is 0 Å². The quantitative estimate of drug-likeness (QED) is 0.570. The average Bonchev–Trinajstić information content (AvgIpc) is 3.13. The van der Waals surface area contributed by atoms with Gasteiger partial charge in [0.25, 0.3) is 0 Å². The summed E-state index contributed by atoms with van der Waals surface area (Å²) >= 11 is 0. The molecule has 1 saturated carbocycles. The predicted octanol–water partition coefficient (Wildman–Crippen LogP) is 2.93. The first-order valence-corrected chi connectivity index (χ1v) is 7.35. The smallest absolute Gasteiger partial charge is 0.309 e. The standard InChI is InChI=1S/C15H26O5/c1-14(2,12(16)17)9-11-20-10-5-3-4-6-15(7-8-15)13(18)19/h3-11H2,1-2H3,(H,16,17)(H,18,19). The summed E-state index contributed by atoms with van der Waals surface area (Å²) in [6, 6.07) is 0. The topological polar surface area (TPSA) is 83.8 Å². The lowest BCUT2D eigenvalue weighted by molar-refractivity contribution is -0.148. The van der Waals surface area contributed by atoms with Crippen LogP contribution in [-0.4, -0.2) is 35.4 Å². The van der Waals surface area contributed by atoms with Crippen molar-refractivity contribution in [2.75, 3.05) is 13.2 Å². The van der Waals surface area contributed by atoms with Gasteiger partial charge in [0.1, 0.15) is 0 Å². The molecule has 0 aromatic heterocycles. The van der Waals surface area contributed by atoms with Crippen LogP contribution in [0.1, 0.15) is 58.8 Å². The summed E-state index contributed by atoms with van der Waals surface area (Å²) < 4.78 is 5.44. The molecule has 0 aliphatic heterocycles. The molecular formula is C15H26O5. The van der Waals surface area contributed by atoms with Crippen LogP contribution in [0.2, 0.25) is 0 Å². The first-order chi connectivity index (χ1) is 9.30. The SMILES string of the molecule is CC(C)(CCOCCCCCC1(C(=O)O)CC1)C(=O)O. The highest BCUT2D eigenvalue weighted by molar-refractivity contribution is 5.77. The van der Waals surface area contributed by atoms with E-state index in [0.717, 1.165) is 38.5 Å². The molecule has 0 amide bonds. The van der Waals surface area contributed by atoms with Gasteiger partial charge in [0.15, 0.2) is 0 Å². The second-order valence-corrected chi connectivity index (χ2v) is 6.45. The van der Waals surface area contributed by atoms with E-state index in [9.17, 15) is 9.59 Å². The van der Waals surface area contributed by atoms with Gasteiger partial charge < -0.3 is 14.9 Å². The summed E-state index contributed by atoms with van der Waals surface area (Å²) in [4.78, 5) is 21.8. The highest BCUT2D eigenvalue weighted by Gasteiger charge is 2.49. The maximum absolute atomic E-state index is 11.0. The number of carboxylic acid groups (broad SMARTS) is 2. The third-order valence-electron chi connectivity index (χ3n) is 4.20. The summed E-state index contributed by atoms with van der Waals surface area (Å²) in [5, 5.41) is 18.0. The Morgan fingerprint density at radius 2 is 1.75 bits per heavy atom. The van der Waals surface area contributed by atoms with Crippen molar-refractivity contribution in [1.82, 2.24) is 0 Å². The number of ether oxygens (including phenoxy) is 1. The van der Waals surface area contributed by atoms with Crippen LogP contribution in [0.15, 0.2) is 0 Å². The normalized spacial score (nSPS) is 16.9. The van der Waals surface area contributed by atoms with E-state index >= 15 is 0 Å². The zero-order valence-corrected chi connectivity index (χ0v) is 12.5. The third-order valence-corrected chi connectivity index (χ3v) is 4.20. The van der Waals surface area contributed by atoms with Gasteiger partial charge in [0, 0.05) is 13.2 Å². The molecule has 2 N–H and O–H groups in total. The van der Waals surface area contributed by atoms with Crippen LogP contribution in [-0.2, 0) is 14.3 Å². The van der Waals surface area contributed by atoms with Gasteiger partial charge in [-0.05, 0) is 46.0 Å². The molecule has 0 unspecified atom stereocenters. The Labute approximate surface area is 120 Å². The summed E-state index contributed by atoms with van der Waals surface area (Å²) in [6.45, 7) is 4.47. The molecule has 0 aromatic carbocycles. The number of rotatable bonds is 11. The van der Waals surface area contributed by atoms with E-state index in [0.29, 0.717) is 19.6 Å². The average molecular weight is 286 g/mol. The van der Waals surface area contributed by atoms with Crippen LogP contribution >= 0.6 is 0 Å². The van der Waals surface area contributed by atoms with Gasteiger partial charge in [-0.2, -0.15) is 0 Å². The minimum absolute atomic E-state index is 0.410. The molecule has 0 saturated heterocycles. The molecule has 0 spiro atoms. The lowest BCUT2D eigenvalue weighted by Crippen LogP contribution is -2.25. The van der Waals surface area contributed by atoms with E-state index < -0.39 is 22.8 Å². The van der Waals surface area contributed by atoms with Gasteiger partial charge in [-0.15, -0.1) is 0 Å². The van der Waals surface area contributed by atoms with Crippen LogP contribution < -0.4 is 0 Å². The summed E-state index contributed by atoms with van der Waals surface area (Å²) in [7, 11) is 0. The highest BCUT2D eigenvalue weighted by atomic mass is 16.5. The summed E-state index contributed by atoms with van der Waals surface area (Å²) in [5.74, 6) is -1.45. The Balaban J connectivity index is 1.96. The lowest BCUT2D eigenvalue weighted by Gasteiger charge is -2.18. The molecule has 1 aliphatic carbocycles. The summed E-state index contributed by atoms with van der Waals surface area (Å²) in [5.41, 5.74) is -1.15. The van der Waals surface area contributed by atoms with Crippen LogP contribution in [0.4, 0.5) is 0 Å². The fourth-order valence-electron chi connectivity index (χ4n) is 2.10. The molecule has 1 fully saturated rings. The van der Waals surface area contributed by atoms with Gasteiger partial charge in [0.2, 0.25) is 0 Å². The van der Waals surface area contributed by atoms with E-state index in [4.69, 9.17) is 14.9 Å². The second-order valence-electron chi connectivity index (χ2n) is 6.45. The first kappa shape index (κ1) is 17.0. The van der Waals surface area contributed by atoms with E-state index in [1.54, 1.807) is 13.8 Å². The maximum atomic E-state index is 11.0. The zero-order chi connectivity index (χ0) is 15.2. The van der Waals surface area contributed by atoms with Crippen molar-refractivity contribution in [2.45, 2.75) is 58.8 Å². The van der Waals surface area contributed by atoms with Crippen molar-refractivity contribution < 1.29 is 24.5 Å². The largest absolute Gasteiger partial charge is 0.481 e. The van der Waals surface area contributed by atoms with Crippen molar-refractivity contribution in [3.63, 3.8) is 0 Å². The predicted molar refractivity (Wildman–Crippen MR) is 74.6 cm³/mol. The van der Waals surface area contributed by atoms with Crippen LogP contribution in [0, 0.1) is 10.8 Å². The minimum Gasteiger partial charge on any atom is -0.481 e. The number of carboxylic acids is 2. The number of aliphatic carboxylic acids is 2. The Morgan fingerprint density at radius 1 is 1.10 bits per heavy atom. The van der Waals surface area contributed by atoms with Gasteiger partial charge >= 0.3 is 11.9 Å². The molecule has 5 nitrogen and oxygen atoms in total. The Morgan fingerprint density at radius 3 is 2.25 bits per heavy atom. The number of hydrogen-bond acceptors (Lipinski definition) is 3. The van der Waals surface area contributed by atoms with Crippen LogP contribution in [0.3, 0.4) is 0 Å². The molecule has 0 aromatic rings. The monoisotopic (exact) mass is 286 g/mol. The number of carbonyl (C=O) groups is 2. The molecular weight excluding hydrogens is 260 g/mol. The van der Waals surface area contributed by atoms with Crippen molar-refractivity contribution in [2.24, 2.45) is 10.8 Å². The van der Waals surface area contributed by atoms with Gasteiger partial charge in [-0.25, -0.2) is 0 Å². The molecule has 0 radical (unpaired) electrons. The first-order valence-electron chi connectivity index (χ1n) is 7.35. The van der Waals surface area contributed by atoms with E-state index in [-0.39, 0.29) is 0 Å². The Hall–Kier alpha value is -1.10. The molecule has 1 rings (SSSR count). The van der Waals surface area contributed by atoms with Crippen molar-refractivity contribution >= 4 is 11.9 Å². The maximum Gasteiger partial charge on any atom is 0.309 e. The van der Waals surface area contributed by atoms with Gasteiger partial charge in [-0.3, -0.25) is 9.59 Å². The second kappa shape index (κ2) is 7.07. The van der Waals surface area contributed by atoms with E-state index in [2.05, 4.69) is 0 Å². The molecule has 0 bridgehead atoms. The molecule has 5 heteroatoms. The molecule has 1 aliphatic rings. The van der Waals surface area contributed by atoms with Crippen molar-refractivity contribution in [3.8, 4) is 0 Å². The third kappa shape index (κ3) is 5.12. The fourth-order valence-corrected chi connectivity index (χ4v) is 2.10. The van der Waals surface area contributed by atoms with Crippen molar-refractivity contribution in [1.29, 1.82) is 0 Å². The molecule has 0 atom stereocenters. The highest BCUT2D eigenvalue weighted by Crippen LogP contribution is 2.50. The van der Waals surface area contributed by atoms with E-state index in [1.165, 1.54) is 0 Å². The van der Waals surface area contributed by atoms with Gasteiger partial charge in [0.05, 0.1) is 10.8 Å². The molecule has 20 heavy (non-hydrogen) atoms. The summed E-state index contributed by atoms with van der Waals surface area (Å²) in [6.07, 6.45) is 5.72. The lowest BCUT2D eigenvalue weighted by atomic mass is 9.90. The molecule has 0 heterocycles. The Kier molecular flexibility index (Phi) is 5.99. The minimum atomic E-state index is -0.801. The van der Waals surface area contributed by atoms with Gasteiger partial charge in [-0.1, -0.05) is 12.8 Å². The number of unbranched alkanes of at least 4 members (excludes halogenated alkanes) is 2. The molecule has 116 valence electrons. The fraction of sp³-hybridized carbons (Fsp3) is 0.867. The Bertz CT molecular complexity index is 322. The van der Waals surface area contributed by atoms with Crippen LogP contribution in [0.5, 0.6) is 0 Å². The number of hydrogen-bond donors (Lipinski definition) is 2. The zero-order valence-electron chi connectivity index (χ0n) is 12.5. The van der Waals surface area contributed by atoms with E-state index in [1.807, 2.05) is 0 Å².